The Bertz CT molecular complexity index is 1730. The number of carbonyl (C=O) groups is 4. The van der Waals surface area contributed by atoms with E-state index >= 15 is 0 Å². The molecule has 17 nitrogen and oxygen atoms in total. The van der Waals surface area contributed by atoms with Gasteiger partial charge in [0, 0.05) is 25.7 Å². The van der Waals surface area contributed by atoms with Crippen LogP contribution in [0.25, 0.3) is 0 Å². The third-order valence-electron chi connectivity index (χ3n) is 16.2. The molecule has 0 saturated heterocycles. The molecule has 0 radical (unpaired) electrons. The van der Waals surface area contributed by atoms with Gasteiger partial charge in [0.1, 0.15) is 19.3 Å². The van der Waals surface area contributed by atoms with Crippen molar-refractivity contribution in [3.8, 4) is 0 Å². The van der Waals surface area contributed by atoms with Gasteiger partial charge in [-0.2, -0.15) is 0 Å². The summed E-state index contributed by atoms with van der Waals surface area (Å²) in [6.45, 7) is 11.7. The summed E-state index contributed by atoms with van der Waals surface area (Å²) in [5.41, 5.74) is 0. The monoisotopic (exact) mass is 1300 g/mol. The number of carbonyl (C=O) groups excluding carboxylic acids is 4. The van der Waals surface area contributed by atoms with Crippen molar-refractivity contribution >= 4 is 39.5 Å². The molecule has 0 spiro atoms. The molecule has 0 bridgehead atoms. The predicted octanol–water partition coefficient (Wildman–Crippen LogP) is 19.5. The van der Waals surface area contributed by atoms with Gasteiger partial charge in [-0.3, -0.25) is 37.3 Å². The third-order valence-corrected chi connectivity index (χ3v) is 18.1. The molecule has 0 aliphatic carbocycles. The van der Waals surface area contributed by atoms with Crippen molar-refractivity contribution in [3.05, 3.63) is 0 Å². The van der Waals surface area contributed by atoms with E-state index < -0.39 is 97.5 Å². The Labute approximate surface area is 537 Å². The molecule has 0 saturated carbocycles. The Balaban J connectivity index is 5.24. The fourth-order valence-electron chi connectivity index (χ4n) is 10.3. The van der Waals surface area contributed by atoms with Crippen LogP contribution in [0.1, 0.15) is 344 Å². The van der Waals surface area contributed by atoms with Gasteiger partial charge >= 0.3 is 39.5 Å². The Morgan fingerprint density at radius 2 is 0.580 bits per heavy atom. The number of esters is 4. The minimum Gasteiger partial charge on any atom is -0.462 e. The van der Waals surface area contributed by atoms with Gasteiger partial charge in [-0.25, -0.2) is 9.13 Å². The van der Waals surface area contributed by atoms with Crippen molar-refractivity contribution in [1.82, 2.24) is 0 Å². The summed E-state index contributed by atoms with van der Waals surface area (Å²) < 4.78 is 68.2. The minimum absolute atomic E-state index is 0.102. The Morgan fingerprint density at radius 3 is 0.864 bits per heavy atom. The van der Waals surface area contributed by atoms with E-state index in [1.807, 2.05) is 0 Å². The molecule has 0 aromatic carbocycles. The van der Waals surface area contributed by atoms with Gasteiger partial charge in [0.2, 0.25) is 0 Å². The van der Waals surface area contributed by atoms with Crippen LogP contribution in [0.3, 0.4) is 0 Å². The summed E-state index contributed by atoms with van der Waals surface area (Å²) >= 11 is 0. The summed E-state index contributed by atoms with van der Waals surface area (Å²) in [4.78, 5) is 72.4. The first kappa shape index (κ1) is 86.1. The topological polar surface area (TPSA) is 237 Å². The molecule has 0 aliphatic heterocycles. The second-order valence-corrected chi connectivity index (χ2v) is 29.0. The molecular formula is C69H134O17P2. The van der Waals surface area contributed by atoms with Crippen molar-refractivity contribution in [2.75, 3.05) is 39.6 Å². The fourth-order valence-corrected chi connectivity index (χ4v) is 11.9. The second-order valence-electron chi connectivity index (χ2n) is 26.1. The molecule has 0 aromatic rings. The van der Waals surface area contributed by atoms with Crippen LogP contribution in [0.2, 0.25) is 0 Å². The zero-order valence-corrected chi connectivity index (χ0v) is 59.0. The van der Waals surface area contributed by atoms with Crippen LogP contribution >= 0.6 is 15.6 Å². The molecular weight excluding hydrogens is 1160 g/mol. The third kappa shape index (κ3) is 61.6. The molecule has 0 heterocycles. The quantitative estimate of drug-likeness (QED) is 0.0222. The summed E-state index contributed by atoms with van der Waals surface area (Å²) in [5.74, 6) is 0.0263. The highest BCUT2D eigenvalue weighted by molar-refractivity contribution is 7.47. The van der Waals surface area contributed by atoms with Crippen molar-refractivity contribution in [1.29, 1.82) is 0 Å². The predicted molar refractivity (Wildman–Crippen MR) is 354 cm³/mol. The normalized spacial score (nSPS) is 14.5. The van der Waals surface area contributed by atoms with Gasteiger partial charge in [-0.1, -0.05) is 292 Å². The Kier molecular flexibility index (Phi) is 58.7. The lowest BCUT2D eigenvalue weighted by atomic mass is 10.00. The molecule has 0 amide bonds. The first-order valence-electron chi connectivity index (χ1n) is 35.9. The molecule has 19 heteroatoms. The highest BCUT2D eigenvalue weighted by Gasteiger charge is 2.30. The standard InChI is InChI=1S/C69H134O17P2/c1-8-10-11-12-13-14-15-16-17-18-19-20-25-28-38-45-52-68(73)85-64(56-79-66(71)50-43-36-27-24-22-21-23-26-33-40-47-60(3)4)58-83-87(75,76)81-54-63(70)55-82-88(77,78)84-59-65(57-80-67(72)51-44-37-31-29-34-41-48-61(5)6)86-69(74)53-46-39-32-30-35-42-49-62(7)9-2/h60-65,70H,8-59H2,1-7H3,(H,75,76)(H,77,78)/t62?,63-,64-,65-/m1/s1. The molecule has 3 unspecified atom stereocenters. The van der Waals surface area contributed by atoms with Crippen LogP contribution in [-0.4, -0.2) is 96.7 Å². The maximum atomic E-state index is 13.0. The molecule has 6 atom stereocenters. The van der Waals surface area contributed by atoms with Crippen molar-refractivity contribution in [3.63, 3.8) is 0 Å². The van der Waals surface area contributed by atoms with E-state index in [0.29, 0.717) is 31.6 Å². The molecule has 0 fully saturated rings. The minimum atomic E-state index is -4.95. The highest BCUT2D eigenvalue weighted by atomic mass is 31.2. The van der Waals surface area contributed by atoms with Crippen molar-refractivity contribution < 1.29 is 80.2 Å². The van der Waals surface area contributed by atoms with Crippen LogP contribution in [0.15, 0.2) is 0 Å². The van der Waals surface area contributed by atoms with E-state index in [9.17, 15) is 43.2 Å². The zero-order chi connectivity index (χ0) is 65.2. The molecule has 0 rings (SSSR count). The lowest BCUT2D eigenvalue weighted by Crippen LogP contribution is -2.30. The summed E-state index contributed by atoms with van der Waals surface area (Å²) in [5, 5.41) is 10.6. The lowest BCUT2D eigenvalue weighted by molar-refractivity contribution is -0.161. The summed E-state index contributed by atoms with van der Waals surface area (Å²) in [7, 11) is -9.90. The van der Waals surface area contributed by atoms with Gasteiger partial charge in [0.05, 0.1) is 26.4 Å². The number of hydrogen-bond acceptors (Lipinski definition) is 15. The molecule has 0 aliphatic rings. The largest absolute Gasteiger partial charge is 0.472 e. The Hall–Kier alpha value is -1.94. The van der Waals surface area contributed by atoms with Crippen LogP contribution < -0.4 is 0 Å². The van der Waals surface area contributed by atoms with Crippen molar-refractivity contribution in [2.24, 2.45) is 17.8 Å². The van der Waals surface area contributed by atoms with Gasteiger partial charge in [0.15, 0.2) is 12.2 Å². The summed E-state index contributed by atoms with van der Waals surface area (Å²) in [6, 6.07) is 0. The summed E-state index contributed by atoms with van der Waals surface area (Å²) in [6.07, 6.45) is 43.3. The fraction of sp³-hybridized carbons (Fsp3) is 0.942. The molecule has 0 aromatic heterocycles. The van der Waals surface area contributed by atoms with Crippen LogP contribution in [0, 0.1) is 17.8 Å². The lowest BCUT2D eigenvalue weighted by Gasteiger charge is -2.21. The smallest absolute Gasteiger partial charge is 0.462 e. The van der Waals surface area contributed by atoms with Crippen LogP contribution in [-0.2, 0) is 65.4 Å². The molecule has 522 valence electrons. The van der Waals surface area contributed by atoms with Gasteiger partial charge in [0.25, 0.3) is 0 Å². The average molecular weight is 1300 g/mol. The zero-order valence-electron chi connectivity index (χ0n) is 57.2. The first-order chi connectivity index (χ1) is 42.3. The van der Waals surface area contributed by atoms with Gasteiger partial charge < -0.3 is 33.8 Å². The van der Waals surface area contributed by atoms with E-state index in [0.717, 1.165) is 108 Å². The van der Waals surface area contributed by atoms with Gasteiger partial charge in [-0.15, -0.1) is 0 Å². The first-order valence-corrected chi connectivity index (χ1v) is 38.9. The number of aliphatic hydroxyl groups is 1. The molecule has 3 N–H and O–H groups in total. The van der Waals surface area contributed by atoms with E-state index in [2.05, 4.69) is 48.5 Å². The Morgan fingerprint density at radius 1 is 0.330 bits per heavy atom. The number of phosphoric acid groups is 2. The maximum absolute atomic E-state index is 13.0. The number of ether oxygens (including phenoxy) is 4. The molecule has 88 heavy (non-hydrogen) atoms. The van der Waals surface area contributed by atoms with Crippen LogP contribution in [0.4, 0.5) is 0 Å². The second kappa shape index (κ2) is 60.0. The maximum Gasteiger partial charge on any atom is 0.472 e. The number of unbranched alkanes of at least 4 members (excludes halogenated alkanes) is 34. The number of hydrogen-bond donors (Lipinski definition) is 3. The van der Waals surface area contributed by atoms with Gasteiger partial charge in [-0.05, 0) is 43.4 Å². The van der Waals surface area contributed by atoms with E-state index in [-0.39, 0.29) is 25.7 Å². The van der Waals surface area contributed by atoms with E-state index in [4.69, 9.17) is 37.0 Å². The number of aliphatic hydroxyl groups excluding tert-OH is 1. The number of rotatable bonds is 67. The van der Waals surface area contributed by atoms with E-state index in [1.54, 1.807) is 0 Å². The highest BCUT2D eigenvalue weighted by Crippen LogP contribution is 2.45. The average Bonchev–Trinajstić information content (AvgIpc) is 3.61. The van der Waals surface area contributed by atoms with Crippen molar-refractivity contribution in [2.45, 2.75) is 362 Å². The van der Waals surface area contributed by atoms with E-state index in [1.165, 1.54) is 148 Å². The number of phosphoric ester groups is 2. The SMILES string of the molecule is CCCCCCCCCCCCCCCCCCC(=O)O[C@H](COC(=O)CCCCCCCCCCCCC(C)C)COP(=O)(O)OC[C@@H](O)COP(=O)(O)OC[C@@H](COC(=O)CCCCCCCCC(C)C)OC(=O)CCCCCCCCC(C)CC. The van der Waals surface area contributed by atoms with Crippen LogP contribution in [0.5, 0.6) is 0 Å².